The maximum atomic E-state index is 6.01. The van der Waals surface area contributed by atoms with Crippen molar-refractivity contribution in [1.29, 1.82) is 0 Å². The summed E-state index contributed by atoms with van der Waals surface area (Å²) in [6, 6.07) is 8.80. The minimum Gasteiger partial charge on any atom is -0.324 e. The van der Waals surface area contributed by atoms with Crippen LogP contribution in [-0.4, -0.2) is 5.75 Å². The second-order valence-electron chi connectivity index (χ2n) is 4.46. The van der Waals surface area contributed by atoms with Crippen LogP contribution in [0.25, 0.3) is 0 Å². The van der Waals surface area contributed by atoms with E-state index in [1.54, 1.807) is 0 Å². The molecule has 2 heteroatoms. The second-order valence-corrected chi connectivity index (χ2v) is 4.91. The molecule has 1 atom stereocenters. The molecular formula is C13H21NS. The van der Waals surface area contributed by atoms with Crippen LogP contribution in [0.3, 0.4) is 0 Å². The van der Waals surface area contributed by atoms with Crippen LogP contribution < -0.4 is 5.73 Å². The van der Waals surface area contributed by atoms with E-state index in [0.29, 0.717) is 5.92 Å². The molecule has 0 saturated heterocycles. The van der Waals surface area contributed by atoms with Gasteiger partial charge in [0.1, 0.15) is 0 Å². The van der Waals surface area contributed by atoms with Gasteiger partial charge >= 0.3 is 0 Å². The van der Waals surface area contributed by atoms with Gasteiger partial charge in [0.15, 0.2) is 0 Å². The molecule has 15 heavy (non-hydrogen) atoms. The van der Waals surface area contributed by atoms with Gasteiger partial charge < -0.3 is 5.73 Å². The van der Waals surface area contributed by atoms with Crippen molar-refractivity contribution < 1.29 is 0 Å². The van der Waals surface area contributed by atoms with Gasteiger partial charge in [-0.25, -0.2) is 0 Å². The van der Waals surface area contributed by atoms with E-state index in [1.807, 2.05) is 0 Å². The van der Waals surface area contributed by atoms with E-state index in [1.165, 1.54) is 11.1 Å². The molecule has 0 aliphatic heterocycles. The molecule has 1 aromatic rings. The van der Waals surface area contributed by atoms with Crippen LogP contribution in [0, 0.1) is 5.92 Å². The Morgan fingerprint density at radius 1 is 1.20 bits per heavy atom. The first-order chi connectivity index (χ1) is 7.13. The van der Waals surface area contributed by atoms with Gasteiger partial charge in [-0.2, -0.15) is 12.6 Å². The van der Waals surface area contributed by atoms with Crippen LogP contribution in [0.15, 0.2) is 24.3 Å². The molecule has 0 fully saturated rings. The Balaban J connectivity index is 2.63. The van der Waals surface area contributed by atoms with Crippen LogP contribution in [0.1, 0.15) is 37.4 Å². The highest BCUT2D eigenvalue weighted by atomic mass is 32.1. The fourth-order valence-electron chi connectivity index (χ4n) is 1.68. The Kier molecular flexibility index (Phi) is 5.20. The molecule has 2 N–H and O–H groups in total. The quantitative estimate of drug-likeness (QED) is 0.737. The smallest absolute Gasteiger partial charge is 0.0302 e. The van der Waals surface area contributed by atoms with E-state index in [0.717, 1.165) is 18.6 Å². The van der Waals surface area contributed by atoms with Crippen molar-refractivity contribution in [2.75, 3.05) is 5.75 Å². The van der Waals surface area contributed by atoms with E-state index in [2.05, 4.69) is 50.7 Å². The summed E-state index contributed by atoms with van der Waals surface area (Å²) in [6.45, 7) is 4.47. The van der Waals surface area contributed by atoms with Crippen molar-refractivity contribution in [3.8, 4) is 0 Å². The zero-order chi connectivity index (χ0) is 11.3. The van der Waals surface area contributed by atoms with Crippen LogP contribution in [-0.2, 0) is 6.42 Å². The Labute approximate surface area is 98.5 Å². The third-order valence-electron chi connectivity index (χ3n) is 2.49. The summed E-state index contributed by atoms with van der Waals surface area (Å²) in [5.74, 6) is 1.55. The minimum absolute atomic E-state index is 0.135. The topological polar surface area (TPSA) is 26.0 Å². The average molecular weight is 223 g/mol. The van der Waals surface area contributed by atoms with Crippen molar-refractivity contribution >= 4 is 12.6 Å². The SMILES string of the molecule is CC(C)Cc1ccc(C(N)CCS)cc1. The lowest BCUT2D eigenvalue weighted by Crippen LogP contribution is -2.10. The van der Waals surface area contributed by atoms with E-state index in [9.17, 15) is 0 Å². The van der Waals surface area contributed by atoms with Crippen molar-refractivity contribution in [2.45, 2.75) is 32.7 Å². The first-order valence-corrected chi connectivity index (χ1v) is 6.22. The lowest BCUT2D eigenvalue weighted by Gasteiger charge is -2.11. The maximum Gasteiger partial charge on any atom is 0.0302 e. The molecule has 0 amide bonds. The molecule has 1 aromatic carbocycles. The highest BCUT2D eigenvalue weighted by molar-refractivity contribution is 7.80. The van der Waals surface area contributed by atoms with Gasteiger partial charge in [-0.15, -0.1) is 0 Å². The summed E-state index contributed by atoms with van der Waals surface area (Å²) in [5.41, 5.74) is 8.62. The van der Waals surface area contributed by atoms with Crippen molar-refractivity contribution in [3.63, 3.8) is 0 Å². The number of hydrogen-bond acceptors (Lipinski definition) is 2. The van der Waals surface area contributed by atoms with Gasteiger partial charge in [-0.05, 0) is 35.6 Å². The largest absolute Gasteiger partial charge is 0.324 e. The standard InChI is InChI=1S/C13H21NS/c1-10(2)9-11-3-5-12(6-4-11)13(14)7-8-15/h3-6,10,13,15H,7-9,14H2,1-2H3. The highest BCUT2D eigenvalue weighted by Gasteiger charge is 2.04. The molecule has 84 valence electrons. The number of rotatable bonds is 5. The average Bonchev–Trinajstić information content (AvgIpc) is 2.18. The van der Waals surface area contributed by atoms with Gasteiger partial charge in [-0.1, -0.05) is 38.1 Å². The van der Waals surface area contributed by atoms with E-state index < -0.39 is 0 Å². The van der Waals surface area contributed by atoms with E-state index in [4.69, 9.17) is 5.73 Å². The third-order valence-corrected chi connectivity index (χ3v) is 2.75. The van der Waals surface area contributed by atoms with Gasteiger partial charge in [0.05, 0.1) is 0 Å². The zero-order valence-electron chi connectivity index (χ0n) is 9.61. The first kappa shape index (κ1) is 12.6. The molecule has 1 rings (SSSR count). The maximum absolute atomic E-state index is 6.01. The molecule has 0 aromatic heterocycles. The minimum atomic E-state index is 0.135. The molecule has 0 saturated carbocycles. The van der Waals surface area contributed by atoms with Gasteiger partial charge in [0.2, 0.25) is 0 Å². The van der Waals surface area contributed by atoms with Gasteiger partial charge in [-0.3, -0.25) is 0 Å². The summed E-state index contributed by atoms with van der Waals surface area (Å²) >= 11 is 4.20. The highest BCUT2D eigenvalue weighted by Crippen LogP contribution is 2.16. The van der Waals surface area contributed by atoms with Crippen molar-refractivity contribution in [1.82, 2.24) is 0 Å². The summed E-state index contributed by atoms with van der Waals surface area (Å²) in [6.07, 6.45) is 2.08. The summed E-state index contributed by atoms with van der Waals surface area (Å²) in [4.78, 5) is 0. The third kappa shape index (κ3) is 4.27. The Bertz CT molecular complexity index is 279. The summed E-state index contributed by atoms with van der Waals surface area (Å²) in [5, 5.41) is 0. The van der Waals surface area contributed by atoms with E-state index >= 15 is 0 Å². The zero-order valence-corrected chi connectivity index (χ0v) is 10.5. The number of benzene rings is 1. The van der Waals surface area contributed by atoms with Crippen LogP contribution in [0.2, 0.25) is 0 Å². The monoisotopic (exact) mass is 223 g/mol. The molecule has 0 aliphatic rings. The Morgan fingerprint density at radius 3 is 2.27 bits per heavy atom. The van der Waals surface area contributed by atoms with Crippen LogP contribution in [0.5, 0.6) is 0 Å². The molecule has 0 bridgehead atoms. The van der Waals surface area contributed by atoms with Crippen molar-refractivity contribution in [2.24, 2.45) is 11.7 Å². The molecule has 0 heterocycles. The fourth-order valence-corrected chi connectivity index (χ4v) is 1.96. The Morgan fingerprint density at radius 2 is 1.80 bits per heavy atom. The first-order valence-electron chi connectivity index (χ1n) is 5.58. The molecule has 0 spiro atoms. The lowest BCUT2D eigenvalue weighted by atomic mass is 9.99. The molecular weight excluding hydrogens is 202 g/mol. The van der Waals surface area contributed by atoms with Crippen molar-refractivity contribution in [3.05, 3.63) is 35.4 Å². The Hall–Kier alpha value is -0.470. The number of thiol groups is 1. The van der Waals surface area contributed by atoms with Gasteiger partial charge in [0, 0.05) is 6.04 Å². The summed E-state index contributed by atoms with van der Waals surface area (Å²) in [7, 11) is 0. The second kappa shape index (κ2) is 6.19. The van der Waals surface area contributed by atoms with Crippen LogP contribution in [0.4, 0.5) is 0 Å². The van der Waals surface area contributed by atoms with Crippen LogP contribution >= 0.6 is 12.6 Å². The molecule has 1 nitrogen and oxygen atoms in total. The lowest BCUT2D eigenvalue weighted by molar-refractivity contribution is 0.646. The normalized spacial score (nSPS) is 13.1. The predicted molar refractivity (Wildman–Crippen MR) is 70.4 cm³/mol. The van der Waals surface area contributed by atoms with Gasteiger partial charge in [0.25, 0.3) is 0 Å². The van der Waals surface area contributed by atoms with E-state index in [-0.39, 0.29) is 6.04 Å². The molecule has 0 aliphatic carbocycles. The number of hydrogen-bond donors (Lipinski definition) is 2. The fraction of sp³-hybridized carbons (Fsp3) is 0.538. The molecule has 1 unspecified atom stereocenters. The molecule has 0 radical (unpaired) electrons. The summed E-state index contributed by atoms with van der Waals surface area (Å²) < 4.78 is 0. The predicted octanol–water partition coefficient (Wildman–Crippen LogP) is 3.20. The number of nitrogens with two attached hydrogens (primary N) is 1.